The monoisotopic (exact) mass is 271 g/mol. The second-order valence-corrected chi connectivity index (χ2v) is 5.54. The van der Waals surface area contributed by atoms with Gasteiger partial charge in [0.05, 0.1) is 29.8 Å². The van der Waals surface area contributed by atoms with Crippen molar-refractivity contribution in [2.75, 3.05) is 26.0 Å². The molecule has 5 heteroatoms. The highest BCUT2D eigenvalue weighted by molar-refractivity contribution is 7.85. The Bertz CT molecular complexity index is 367. The van der Waals surface area contributed by atoms with Gasteiger partial charge in [0.25, 0.3) is 0 Å². The van der Waals surface area contributed by atoms with E-state index in [2.05, 4.69) is 12.2 Å². The standard InChI is InChI=1S/C13H21NO3S/c1-3-8-14-9-11(15)10-18(16)13-6-4-12(17-2)5-7-13/h4-7,11,14-15H,3,8-10H2,1-2H3. The Balaban J connectivity index is 2.43. The van der Waals surface area contributed by atoms with E-state index in [4.69, 9.17) is 4.74 Å². The van der Waals surface area contributed by atoms with Gasteiger partial charge in [-0.15, -0.1) is 0 Å². The van der Waals surface area contributed by atoms with E-state index in [1.165, 1.54) is 0 Å². The van der Waals surface area contributed by atoms with Crippen LogP contribution in [-0.4, -0.2) is 41.4 Å². The van der Waals surface area contributed by atoms with Gasteiger partial charge in [-0.3, -0.25) is 4.21 Å². The summed E-state index contributed by atoms with van der Waals surface area (Å²) >= 11 is 0. The highest BCUT2D eigenvalue weighted by Gasteiger charge is 2.11. The summed E-state index contributed by atoms with van der Waals surface area (Å²) in [5.74, 6) is 0.990. The molecule has 1 rings (SSSR count). The van der Waals surface area contributed by atoms with Gasteiger partial charge in [-0.25, -0.2) is 0 Å². The van der Waals surface area contributed by atoms with Crippen LogP contribution in [0.4, 0.5) is 0 Å². The summed E-state index contributed by atoms with van der Waals surface area (Å²) in [6, 6.07) is 7.08. The van der Waals surface area contributed by atoms with E-state index in [0.717, 1.165) is 18.7 Å². The summed E-state index contributed by atoms with van der Waals surface area (Å²) in [7, 11) is 0.418. The van der Waals surface area contributed by atoms with Crippen molar-refractivity contribution in [1.29, 1.82) is 0 Å². The average molecular weight is 271 g/mol. The third-order valence-electron chi connectivity index (χ3n) is 2.47. The van der Waals surface area contributed by atoms with Crippen molar-refractivity contribution >= 4 is 10.8 Å². The Labute approximate surface area is 111 Å². The molecule has 2 N–H and O–H groups in total. The molecule has 0 radical (unpaired) electrons. The van der Waals surface area contributed by atoms with Gasteiger partial charge in [0.1, 0.15) is 5.75 Å². The fourth-order valence-corrected chi connectivity index (χ4v) is 2.60. The van der Waals surface area contributed by atoms with Crippen molar-refractivity contribution in [2.45, 2.75) is 24.3 Å². The molecule has 0 aliphatic rings. The molecule has 0 heterocycles. The first-order chi connectivity index (χ1) is 8.67. The van der Waals surface area contributed by atoms with Crippen LogP contribution in [0, 0.1) is 0 Å². The molecule has 0 fully saturated rings. The third-order valence-corrected chi connectivity index (χ3v) is 3.96. The molecule has 0 amide bonds. The predicted molar refractivity (Wildman–Crippen MR) is 73.4 cm³/mol. The van der Waals surface area contributed by atoms with E-state index in [1.54, 1.807) is 31.4 Å². The normalized spacial score (nSPS) is 14.2. The van der Waals surface area contributed by atoms with Gasteiger partial charge < -0.3 is 15.2 Å². The van der Waals surface area contributed by atoms with Crippen molar-refractivity contribution in [2.24, 2.45) is 0 Å². The molecule has 0 aromatic heterocycles. The molecule has 18 heavy (non-hydrogen) atoms. The molecular formula is C13H21NO3S. The van der Waals surface area contributed by atoms with E-state index in [9.17, 15) is 9.32 Å². The maximum atomic E-state index is 12.0. The maximum absolute atomic E-state index is 12.0. The summed E-state index contributed by atoms with van der Waals surface area (Å²) in [5.41, 5.74) is 0. The van der Waals surface area contributed by atoms with Crippen LogP contribution in [0.3, 0.4) is 0 Å². The van der Waals surface area contributed by atoms with Gasteiger partial charge >= 0.3 is 0 Å². The van der Waals surface area contributed by atoms with Crippen LogP contribution in [0.15, 0.2) is 29.2 Å². The Morgan fingerprint density at radius 1 is 1.39 bits per heavy atom. The highest BCUT2D eigenvalue weighted by Crippen LogP contribution is 2.14. The second kappa shape index (κ2) is 8.24. The zero-order chi connectivity index (χ0) is 13.4. The smallest absolute Gasteiger partial charge is 0.118 e. The van der Waals surface area contributed by atoms with Crippen LogP contribution >= 0.6 is 0 Å². The number of aliphatic hydroxyl groups is 1. The number of hydrogen-bond acceptors (Lipinski definition) is 4. The quantitative estimate of drug-likeness (QED) is 0.697. The van der Waals surface area contributed by atoms with Crippen LogP contribution in [0.1, 0.15) is 13.3 Å². The van der Waals surface area contributed by atoms with E-state index < -0.39 is 16.9 Å². The number of ether oxygens (including phenoxy) is 1. The van der Waals surface area contributed by atoms with Crippen LogP contribution in [0.5, 0.6) is 5.75 Å². The number of rotatable bonds is 8. The van der Waals surface area contributed by atoms with Crippen molar-refractivity contribution in [3.05, 3.63) is 24.3 Å². The minimum absolute atomic E-state index is 0.253. The van der Waals surface area contributed by atoms with Crippen molar-refractivity contribution in [1.82, 2.24) is 5.32 Å². The minimum atomic E-state index is -1.17. The van der Waals surface area contributed by atoms with Gasteiger partial charge in [-0.05, 0) is 37.2 Å². The number of hydrogen-bond donors (Lipinski definition) is 2. The van der Waals surface area contributed by atoms with Gasteiger partial charge in [-0.2, -0.15) is 0 Å². The number of benzene rings is 1. The Morgan fingerprint density at radius 2 is 2.06 bits per heavy atom. The lowest BCUT2D eigenvalue weighted by molar-refractivity contribution is 0.195. The summed E-state index contributed by atoms with van der Waals surface area (Å²) in [5, 5.41) is 12.8. The molecule has 2 unspecified atom stereocenters. The number of aliphatic hydroxyl groups excluding tert-OH is 1. The SMILES string of the molecule is CCCNCC(O)CS(=O)c1ccc(OC)cc1. The highest BCUT2D eigenvalue weighted by atomic mass is 32.2. The van der Waals surface area contributed by atoms with E-state index in [0.29, 0.717) is 11.4 Å². The average Bonchev–Trinajstić information content (AvgIpc) is 2.39. The van der Waals surface area contributed by atoms with Crippen LogP contribution in [-0.2, 0) is 10.8 Å². The molecule has 0 bridgehead atoms. The van der Waals surface area contributed by atoms with E-state index in [-0.39, 0.29) is 5.75 Å². The first-order valence-electron chi connectivity index (χ1n) is 6.08. The van der Waals surface area contributed by atoms with Crippen molar-refractivity contribution < 1.29 is 14.1 Å². The molecule has 1 aromatic carbocycles. The number of methoxy groups -OCH3 is 1. The molecule has 102 valence electrons. The molecule has 0 spiro atoms. The van der Waals surface area contributed by atoms with Gasteiger partial charge in [0.2, 0.25) is 0 Å². The molecule has 1 aromatic rings. The van der Waals surface area contributed by atoms with E-state index in [1.807, 2.05) is 0 Å². The van der Waals surface area contributed by atoms with E-state index >= 15 is 0 Å². The van der Waals surface area contributed by atoms with Gasteiger partial charge in [0.15, 0.2) is 0 Å². The Kier molecular flexibility index (Phi) is 6.93. The molecule has 0 aliphatic heterocycles. The lowest BCUT2D eigenvalue weighted by atomic mass is 10.3. The fraction of sp³-hybridized carbons (Fsp3) is 0.538. The molecule has 4 nitrogen and oxygen atoms in total. The van der Waals surface area contributed by atoms with Crippen LogP contribution in [0.2, 0.25) is 0 Å². The largest absolute Gasteiger partial charge is 0.497 e. The van der Waals surface area contributed by atoms with Crippen LogP contribution in [0.25, 0.3) is 0 Å². The number of nitrogens with one attached hydrogen (secondary N) is 1. The zero-order valence-corrected chi connectivity index (χ0v) is 11.7. The first-order valence-corrected chi connectivity index (χ1v) is 7.40. The Morgan fingerprint density at radius 3 is 2.61 bits per heavy atom. The Hall–Kier alpha value is -0.910. The predicted octanol–water partition coefficient (Wildman–Crippen LogP) is 1.16. The molecule has 0 saturated carbocycles. The van der Waals surface area contributed by atoms with Gasteiger partial charge in [0, 0.05) is 11.4 Å². The summed E-state index contributed by atoms with van der Waals surface area (Å²) in [4.78, 5) is 0.713. The topological polar surface area (TPSA) is 58.6 Å². The lowest BCUT2D eigenvalue weighted by Crippen LogP contribution is -2.31. The second-order valence-electron chi connectivity index (χ2n) is 4.05. The lowest BCUT2D eigenvalue weighted by Gasteiger charge is -2.11. The summed E-state index contributed by atoms with van der Waals surface area (Å²) in [6.07, 6.45) is 0.438. The van der Waals surface area contributed by atoms with Crippen molar-refractivity contribution in [3.63, 3.8) is 0 Å². The zero-order valence-electron chi connectivity index (χ0n) is 10.9. The molecule has 0 aliphatic carbocycles. The minimum Gasteiger partial charge on any atom is -0.497 e. The summed E-state index contributed by atoms with van der Waals surface area (Å²) in [6.45, 7) is 3.41. The van der Waals surface area contributed by atoms with Gasteiger partial charge in [-0.1, -0.05) is 6.92 Å². The summed E-state index contributed by atoms with van der Waals surface area (Å²) < 4.78 is 17.0. The maximum Gasteiger partial charge on any atom is 0.118 e. The first kappa shape index (κ1) is 15.1. The molecule has 0 saturated heterocycles. The van der Waals surface area contributed by atoms with Crippen molar-refractivity contribution in [3.8, 4) is 5.75 Å². The molecular weight excluding hydrogens is 250 g/mol. The fourth-order valence-electron chi connectivity index (χ4n) is 1.50. The third kappa shape index (κ3) is 5.16. The molecule has 2 atom stereocenters. The van der Waals surface area contributed by atoms with Crippen LogP contribution < -0.4 is 10.1 Å².